The van der Waals surface area contributed by atoms with E-state index < -0.39 is 13.4 Å². The minimum absolute atomic E-state index is 0.295. The van der Waals surface area contributed by atoms with Crippen molar-refractivity contribution in [1.29, 1.82) is 0 Å². The summed E-state index contributed by atoms with van der Waals surface area (Å²) < 4.78 is 16.6. The molecule has 1 unspecified atom stereocenters. The molecule has 5 nitrogen and oxygen atoms in total. The third-order valence-corrected chi connectivity index (χ3v) is 4.89. The van der Waals surface area contributed by atoms with Gasteiger partial charge in [0.2, 0.25) is 0 Å². The van der Waals surface area contributed by atoms with E-state index in [1.165, 1.54) is 11.1 Å². The SMILES string of the molecule is NC(CCCCOc1ccc(Cc2ccccc2)cc1)P(=O)(O)O. The molecule has 0 radical (unpaired) electrons. The van der Waals surface area contributed by atoms with E-state index in [4.69, 9.17) is 20.3 Å². The van der Waals surface area contributed by atoms with E-state index >= 15 is 0 Å². The van der Waals surface area contributed by atoms with Gasteiger partial charge < -0.3 is 20.3 Å². The maximum absolute atomic E-state index is 10.9. The number of rotatable bonds is 9. The van der Waals surface area contributed by atoms with Crippen LogP contribution in [0.1, 0.15) is 30.4 Å². The van der Waals surface area contributed by atoms with Crippen LogP contribution in [0.15, 0.2) is 54.6 Å². The lowest BCUT2D eigenvalue weighted by molar-refractivity contribution is 0.301. The van der Waals surface area contributed by atoms with Crippen molar-refractivity contribution in [2.75, 3.05) is 6.61 Å². The molecule has 0 spiro atoms. The molecule has 4 N–H and O–H groups in total. The van der Waals surface area contributed by atoms with E-state index in [2.05, 4.69) is 12.1 Å². The molecular formula is C18H24NO4P. The molecule has 2 aromatic carbocycles. The zero-order valence-electron chi connectivity index (χ0n) is 13.5. The molecule has 1 atom stereocenters. The number of hydrogen-bond acceptors (Lipinski definition) is 3. The maximum atomic E-state index is 10.9. The predicted octanol–water partition coefficient (Wildman–Crippen LogP) is 3.29. The van der Waals surface area contributed by atoms with Crippen LogP contribution in [0.5, 0.6) is 5.75 Å². The molecular weight excluding hydrogens is 325 g/mol. The van der Waals surface area contributed by atoms with E-state index in [1.54, 1.807) is 0 Å². The topological polar surface area (TPSA) is 92.8 Å². The van der Waals surface area contributed by atoms with Gasteiger partial charge in [0.15, 0.2) is 0 Å². The highest BCUT2D eigenvalue weighted by Gasteiger charge is 2.23. The van der Waals surface area contributed by atoms with E-state index in [1.807, 2.05) is 42.5 Å². The monoisotopic (exact) mass is 349 g/mol. The number of nitrogens with two attached hydrogens (primary N) is 1. The quantitative estimate of drug-likeness (QED) is 0.477. The van der Waals surface area contributed by atoms with Gasteiger partial charge in [-0.05, 0) is 48.9 Å². The van der Waals surface area contributed by atoms with E-state index in [0.717, 1.165) is 12.2 Å². The van der Waals surface area contributed by atoms with Crippen LogP contribution in [0.3, 0.4) is 0 Å². The average Bonchev–Trinajstić information content (AvgIpc) is 2.56. The zero-order chi connectivity index (χ0) is 17.4. The molecule has 0 aliphatic heterocycles. The summed E-state index contributed by atoms with van der Waals surface area (Å²) in [5.41, 5.74) is 7.91. The molecule has 130 valence electrons. The van der Waals surface area contributed by atoms with Gasteiger partial charge in [-0.2, -0.15) is 0 Å². The van der Waals surface area contributed by atoms with Crippen molar-refractivity contribution in [2.45, 2.75) is 31.5 Å². The first-order valence-corrected chi connectivity index (χ1v) is 9.70. The molecule has 0 saturated carbocycles. The van der Waals surface area contributed by atoms with Crippen molar-refractivity contribution in [2.24, 2.45) is 5.73 Å². The smallest absolute Gasteiger partial charge is 0.342 e. The second-order valence-corrected chi connectivity index (χ2v) is 7.65. The van der Waals surface area contributed by atoms with Crippen molar-refractivity contribution >= 4 is 7.60 Å². The van der Waals surface area contributed by atoms with Crippen LogP contribution in [0, 0.1) is 0 Å². The Morgan fingerprint density at radius 3 is 2.21 bits per heavy atom. The summed E-state index contributed by atoms with van der Waals surface area (Å²) in [5, 5.41) is 0. The normalized spacial score (nSPS) is 12.8. The molecule has 2 rings (SSSR count). The number of ether oxygens (including phenoxy) is 1. The lowest BCUT2D eigenvalue weighted by Crippen LogP contribution is -2.19. The number of unbranched alkanes of at least 4 members (excludes halogenated alkanes) is 1. The summed E-state index contributed by atoms with van der Waals surface area (Å²) in [4.78, 5) is 17.8. The van der Waals surface area contributed by atoms with Crippen LogP contribution in [0.25, 0.3) is 0 Å². The summed E-state index contributed by atoms with van der Waals surface area (Å²) in [7, 11) is -4.16. The van der Waals surface area contributed by atoms with Gasteiger partial charge in [-0.15, -0.1) is 0 Å². The minimum atomic E-state index is -4.16. The van der Waals surface area contributed by atoms with Crippen LogP contribution in [-0.2, 0) is 11.0 Å². The maximum Gasteiger partial charge on any atom is 0.342 e. The predicted molar refractivity (Wildman–Crippen MR) is 95.1 cm³/mol. The van der Waals surface area contributed by atoms with Gasteiger partial charge in [-0.3, -0.25) is 4.57 Å². The van der Waals surface area contributed by atoms with Gasteiger partial charge in [0.1, 0.15) is 11.5 Å². The molecule has 0 heterocycles. The molecule has 6 heteroatoms. The van der Waals surface area contributed by atoms with E-state index in [0.29, 0.717) is 25.9 Å². The fourth-order valence-corrected chi connectivity index (χ4v) is 2.87. The van der Waals surface area contributed by atoms with Crippen molar-refractivity contribution in [3.8, 4) is 5.75 Å². The Balaban J connectivity index is 1.70. The second kappa shape index (κ2) is 9.00. The third kappa shape index (κ3) is 6.46. The molecule has 0 fully saturated rings. The largest absolute Gasteiger partial charge is 0.494 e. The summed E-state index contributed by atoms with van der Waals surface area (Å²) in [6.45, 7) is 0.506. The van der Waals surface area contributed by atoms with Crippen LogP contribution < -0.4 is 10.5 Å². The Bertz CT molecular complexity index is 654. The van der Waals surface area contributed by atoms with Gasteiger partial charge in [0, 0.05) is 0 Å². The highest BCUT2D eigenvalue weighted by molar-refractivity contribution is 7.52. The first-order chi connectivity index (χ1) is 11.4. The molecule has 0 aliphatic rings. The zero-order valence-corrected chi connectivity index (χ0v) is 14.4. The molecule has 0 bridgehead atoms. The standard InChI is InChI=1S/C18H24NO4P/c19-18(24(20,21)22)8-4-5-13-23-17-11-9-16(10-12-17)14-15-6-2-1-3-7-15/h1-3,6-7,9-12,18H,4-5,8,13-14,19H2,(H2,20,21,22). The van der Waals surface area contributed by atoms with Crippen molar-refractivity contribution < 1.29 is 19.1 Å². The Morgan fingerprint density at radius 1 is 0.958 bits per heavy atom. The number of benzene rings is 2. The molecule has 0 amide bonds. The van der Waals surface area contributed by atoms with Crippen LogP contribution in [-0.4, -0.2) is 22.2 Å². The van der Waals surface area contributed by atoms with Gasteiger partial charge in [0.25, 0.3) is 0 Å². The third-order valence-electron chi connectivity index (χ3n) is 3.77. The Hall–Kier alpha value is -1.65. The molecule has 2 aromatic rings. The van der Waals surface area contributed by atoms with Crippen molar-refractivity contribution in [1.82, 2.24) is 0 Å². The summed E-state index contributed by atoms with van der Waals surface area (Å²) in [6, 6.07) is 18.3. The van der Waals surface area contributed by atoms with Crippen LogP contribution >= 0.6 is 7.60 Å². The minimum Gasteiger partial charge on any atom is -0.494 e. The molecule has 0 saturated heterocycles. The molecule has 0 aromatic heterocycles. The van der Waals surface area contributed by atoms with Crippen LogP contribution in [0.2, 0.25) is 0 Å². The molecule has 0 aliphatic carbocycles. The summed E-state index contributed by atoms with van der Waals surface area (Å²) in [5.74, 6) is -0.277. The van der Waals surface area contributed by atoms with Gasteiger partial charge >= 0.3 is 7.60 Å². The van der Waals surface area contributed by atoms with Crippen LogP contribution in [0.4, 0.5) is 0 Å². The van der Waals surface area contributed by atoms with E-state index in [9.17, 15) is 4.57 Å². The van der Waals surface area contributed by atoms with Crippen molar-refractivity contribution in [3.05, 3.63) is 65.7 Å². The fraction of sp³-hybridized carbons (Fsp3) is 0.333. The van der Waals surface area contributed by atoms with Gasteiger partial charge in [-0.25, -0.2) is 0 Å². The highest BCUT2D eigenvalue weighted by atomic mass is 31.2. The highest BCUT2D eigenvalue weighted by Crippen LogP contribution is 2.40. The Morgan fingerprint density at radius 2 is 1.58 bits per heavy atom. The first-order valence-electron chi connectivity index (χ1n) is 8.01. The van der Waals surface area contributed by atoms with Gasteiger partial charge in [-0.1, -0.05) is 42.5 Å². The van der Waals surface area contributed by atoms with Gasteiger partial charge in [0.05, 0.1) is 6.61 Å². The molecule has 24 heavy (non-hydrogen) atoms. The number of hydrogen-bond donors (Lipinski definition) is 3. The lowest BCUT2D eigenvalue weighted by Gasteiger charge is -2.13. The Labute approximate surface area is 142 Å². The van der Waals surface area contributed by atoms with E-state index in [-0.39, 0.29) is 0 Å². The first kappa shape index (κ1) is 18.7. The lowest BCUT2D eigenvalue weighted by atomic mass is 10.1. The summed E-state index contributed by atoms with van der Waals surface area (Å²) >= 11 is 0. The van der Waals surface area contributed by atoms with Crippen molar-refractivity contribution in [3.63, 3.8) is 0 Å². The average molecular weight is 349 g/mol. The second-order valence-electron chi connectivity index (χ2n) is 5.81. The Kier molecular flexibility index (Phi) is 7.00. The summed E-state index contributed by atoms with van der Waals surface area (Å²) in [6.07, 6.45) is 2.52. The fourth-order valence-electron chi connectivity index (χ4n) is 2.35.